The van der Waals surface area contributed by atoms with Gasteiger partial charge in [0.25, 0.3) is 5.91 Å². The summed E-state index contributed by atoms with van der Waals surface area (Å²) in [5, 5.41) is 16.3. The van der Waals surface area contributed by atoms with Crippen LogP contribution in [0.25, 0.3) is 5.69 Å². The predicted octanol–water partition coefficient (Wildman–Crippen LogP) is 2.72. The van der Waals surface area contributed by atoms with Gasteiger partial charge in [-0.3, -0.25) is 4.79 Å². The molecule has 0 unspecified atom stereocenters. The number of benzene rings is 1. The van der Waals surface area contributed by atoms with Gasteiger partial charge in [0.1, 0.15) is 6.04 Å². The van der Waals surface area contributed by atoms with Gasteiger partial charge in [-0.05, 0) is 38.3 Å². The number of aromatic nitrogens is 2. The monoisotopic (exact) mass is 329 g/mol. The summed E-state index contributed by atoms with van der Waals surface area (Å²) in [4.78, 5) is 24.0. The molecule has 24 heavy (non-hydrogen) atoms. The summed E-state index contributed by atoms with van der Waals surface area (Å²) in [6.07, 6.45) is 0.381. The Morgan fingerprint density at radius 3 is 2.38 bits per heavy atom. The molecule has 128 valence electrons. The summed E-state index contributed by atoms with van der Waals surface area (Å²) in [6.45, 7) is 7.40. The number of carbonyl (C=O) groups excluding carboxylic acids is 1. The number of aliphatic carboxylic acids is 1. The van der Waals surface area contributed by atoms with Gasteiger partial charge >= 0.3 is 5.97 Å². The summed E-state index contributed by atoms with van der Waals surface area (Å²) in [5.74, 6) is -1.26. The molecule has 1 heterocycles. The van der Waals surface area contributed by atoms with E-state index in [0.717, 1.165) is 5.69 Å². The van der Waals surface area contributed by atoms with Gasteiger partial charge in [-0.2, -0.15) is 5.10 Å². The zero-order valence-electron chi connectivity index (χ0n) is 14.4. The fourth-order valence-electron chi connectivity index (χ4n) is 2.72. The third-order valence-electron chi connectivity index (χ3n) is 3.83. The number of para-hydroxylation sites is 1. The highest BCUT2D eigenvalue weighted by Gasteiger charge is 2.25. The van der Waals surface area contributed by atoms with Crippen LogP contribution in [0.1, 0.15) is 42.0 Å². The van der Waals surface area contributed by atoms with Crippen molar-refractivity contribution in [1.82, 2.24) is 15.1 Å². The Hall–Kier alpha value is -2.63. The first kappa shape index (κ1) is 17.7. The first-order chi connectivity index (χ1) is 11.3. The average molecular weight is 329 g/mol. The SMILES string of the molecule is Cc1nn(-c2ccccc2)c(C)c1C(=O)N[C@H](CC(C)C)C(=O)O. The second-order valence-electron chi connectivity index (χ2n) is 6.29. The van der Waals surface area contributed by atoms with Crippen molar-refractivity contribution in [3.8, 4) is 5.69 Å². The smallest absolute Gasteiger partial charge is 0.326 e. The zero-order valence-corrected chi connectivity index (χ0v) is 14.4. The maximum Gasteiger partial charge on any atom is 0.326 e. The van der Waals surface area contributed by atoms with E-state index in [4.69, 9.17) is 0 Å². The molecular formula is C18H23N3O3. The highest BCUT2D eigenvalue weighted by Crippen LogP contribution is 2.18. The number of aryl methyl sites for hydroxylation is 1. The lowest BCUT2D eigenvalue weighted by Crippen LogP contribution is -2.42. The first-order valence-corrected chi connectivity index (χ1v) is 7.96. The molecule has 1 atom stereocenters. The standard InChI is InChI=1S/C18H23N3O3/c1-11(2)10-15(18(23)24)19-17(22)16-12(3)20-21(13(16)4)14-8-6-5-7-9-14/h5-9,11,15H,10H2,1-4H3,(H,19,22)(H,23,24)/t15-/m1/s1. The van der Waals surface area contributed by atoms with Gasteiger partial charge in [-0.1, -0.05) is 32.0 Å². The zero-order chi connectivity index (χ0) is 17.9. The molecule has 0 spiro atoms. The molecule has 0 aliphatic carbocycles. The van der Waals surface area contributed by atoms with Gasteiger partial charge in [0.2, 0.25) is 0 Å². The Morgan fingerprint density at radius 2 is 1.83 bits per heavy atom. The number of rotatable bonds is 6. The molecule has 1 aromatic carbocycles. The summed E-state index contributed by atoms with van der Waals surface area (Å²) in [7, 11) is 0. The van der Waals surface area contributed by atoms with Crippen molar-refractivity contribution in [2.24, 2.45) is 5.92 Å². The van der Waals surface area contributed by atoms with Crippen molar-refractivity contribution in [2.45, 2.75) is 40.2 Å². The lowest BCUT2D eigenvalue weighted by molar-refractivity contribution is -0.139. The van der Waals surface area contributed by atoms with Crippen LogP contribution >= 0.6 is 0 Å². The normalized spacial score (nSPS) is 12.2. The van der Waals surface area contributed by atoms with Crippen molar-refractivity contribution < 1.29 is 14.7 Å². The minimum Gasteiger partial charge on any atom is -0.480 e. The molecule has 1 amide bonds. The van der Waals surface area contributed by atoms with Crippen LogP contribution in [-0.2, 0) is 4.79 Å². The third kappa shape index (κ3) is 3.82. The molecule has 0 fully saturated rings. The maximum atomic E-state index is 12.6. The molecule has 1 aromatic heterocycles. The van der Waals surface area contributed by atoms with Crippen LogP contribution < -0.4 is 5.32 Å². The molecule has 0 saturated heterocycles. The van der Waals surface area contributed by atoms with Crippen LogP contribution in [-0.4, -0.2) is 32.8 Å². The summed E-state index contributed by atoms with van der Waals surface area (Å²) in [5.41, 5.74) is 2.54. The quantitative estimate of drug-likeness (QED) is 0.853. The van der Waals surface area contributed by atoms with E-state index in [1.165, 1.54) is 0 Å². The van der Waals surface area contributed by atoms with Crippen molar-refractivity contribution >= 4 is 11.9 Å². The van der Waals surface area contributed by atoms with Gasteiger partial charge < -0.3 is 10.4 Å². The summed E-state index contributed by atoms with van der Waals surface area (Å²) >= 11 is 0. The van der Waals surface area contributed by atoms with E-state index in [0.29, 0.717) is 23.4 Å². The lowest BCUT2D eigenvalue weighted by Gasteiger charge is -2.16. The van der Waals surface area contributed by atoms with Crippen LogP contribution in [0.15, 0.2) is 30.3 Å². The first-order valence-electron chi connectivity index (χ1n) is 7.96. The number of nitrogens with zero attached hydrogens (tertiary/aromatic N) is 2. The molecule has 0 aliphatic rings. The Bertz CT molecular complexity index is 735. The number of carbonyl (C=O) groups is 2. The van der Waals surface area contributed by atoms with Crippen molar-refractivity contribution in [1.29, 1.82) is 0 Å². The van der Waals surface area contributed by atoms with Gasteiger partial charge in [0.15, 0.2) is 0 Å². The number of hydrogen-bond acceptors (Lipinski definition) is 3. The lowest BCUT2D eigenvalue weighted by atomic mass is 10.0. The molecule has 0 saturated carbocycles. The molecule has 2 rings (SSSR count). The van der Waals surface area contributed by atoms with Crippen molar-refractivity contribution in [3.05, 3.63) is 47.3 Å². The third-order valence-corrected chi connectivity index (χ3v) is 3.83. The molecule has 2 aromatic rings. The highest BCUT2D eigenvalue weighted by molar-refractivity contribution is 5.98. The molecule has 0 radical (unpaired) electrons. The second-order valence-corrected chi connectivity index (χ2v) is 6.29. The van der Waals surface area contributed by atoms with E-state index in [2.05, 4.69) is 10.4 Å². The number of amides is 1. The topological polar surface area (TPSA) is 84.2 Å². The molecule has 6 heteroatoms. The van der Waals surface area contributed by atoms with Crippen LogP contribution in [0.4, 0.5) is 0 Å². The highest BCUT2D eigenvalue weighted by atomic mass is 16.4. The number of carboxylic acid groups (broad SMARTS) is 1. The number of nitrogens with one attached hydrogen (secondary N) is 1. The van der Waals surface area contributed by atoms with E-state index in [1.54, 1.807) is 18.5 Å². The van der Waals surface area contributed by atoms with E-state index in [1.807, 2.05) is 44.2 Å². The minimum absolute atomic E-state index is 0.167. The van der Waals surface area contributed by atoms with E-state index in [9.17, 15) is 14.7 Å². The van der Waals surface area contributed by atoms with Crippen LogP contribution in [0.5, 0.6) is 0 Å². The fraction of sp³-hybridized carbons (Fsp3) is 0.389. The summed E-state index contributed by atoms with van der Waals surface area (Å²) < 4.78 is 1.70. The Balaban J connectivity index is 2.30. The largest absolute Gasteiger partial charge is 0.480 e. The van der Waals surface area contributed by atoms with E-state index < -0.39 is 17.9 Å². The predicted molar refractivity (Wildman–Crippen MR) is 91.4 cm³/mol. The minimum atomic E-state index is -1.03. The molecule has 2 N–H and O–H groups in total. The van der Waals surface area contributed by atoms with Crippen LogP contribution in [0.2, 0.25) is 0 Å². The molecule has 0 aliphatic heterocycles. The van der Waals surface area contributed by atoms with Gasteiger partial charge in [0, 0.05) is 0 Å². The Morgan fingerprint density at radius 1 is 1.21 bits per heavy atom. The second kappa shape index (κ2) is 7.29. The maximum absolute atomic E-state index is 12.6. The Labute approximate surface area is 141 Å². The van der Waals surface area contributed by atoms with Crippen molar-refractivity contribution in [3.63, 3.8) is 0 Å². The number of hydrogen-bond donors (Lipinski definition) is 2. The molecular weight excluding hydrogens is 306 g/mol. The van der Waals surface area contributed by atoms with Gasteiger partial charge in [0.05, 0.1) is 22.6 Å². The van der Waals surface area contributed by atoms with E-state index >= 15 is 0 Å². The van der Waals surface area contributed by atoms with Crippen molar-refractivity contribution in [2.75, 3.05) is 0 Å². The van der Waals surface area contributed by atoms with Gasteiger partial charge in [-0.15, -0.1) is 0 Å². The summed E-state index contributed by atoms with van der Waals surface area (Å²) in [6, 6.07) is 8.60. The van der Waals surface area contributed by atoms with Crippen LogP contribution in [0.3, 0.4) is 0 Å². The van der Waals surface area contributed by atoms with E-state index in [-0.39, 0.29) is 5.92 Å². The fourth-order valence-corrected chi connectivity index (χ4v) is 2.72. The van der Waals surface area contributed by atoms with Gasteiger partial charge in [-0.25, -0.2) is 9.48 Å². The molecule has 6 nitrogen and oxygen atoms in total. The average Bonchev–Trinajstić information content (AvgIpc) is 2.81. The Kier molecular flexibility index (Phi) is 5.39. The van der Waals surface area contributed by atoms with Crippen LogP contribution in [0, 0.1) is 19.8 Å². The molecule has 0 bridgehead atoms. The number of carboxylic acids is 1.